The second-order valence-electron chi connectivity index (χ2n) is 7.66. The zero-order valence-electron chi connectivity index (χ0n) is 18.5. The molecule has 0 unspecified atom stereocenters. The Morgan fingerprint density at radius 2 is 1.97 bits per heavy atom. The average Bonchev–Trinajstić information content (AvgIpc) is 3.06. The van der Waals surface area contributed by atoms with Gasteiger partial charge in [-0.3, -0.25) is 4.79 Å². The Bertz CT molecular complexity index is 943. The van der Waals surface area contributed by atoms with E-state index in [9.17, 15) is 4.79 Å². The number of allylic oxidation sites excluding steroid dienone is 2. The number of hydrogen-bond acceptors (Lipinski definition) is 4. The Hall–Kier alpha value is -3.08. The molecule has 1 saturated heterocycles. The van der Waals surface area contributed by atoms with E-state index in [1.54, 1.807) is 0 Å². The summed E-state index contributed by atoms with van der Waals surface area (Å²) in [7, 11) is 0. The van der Waals surface area contributed by atoms with Gasteiger partial charge in [0.05, 0.1) is 0 Å². The third-order valence-electron chi connectivity index (χ3n) is 5.37. The van der Waals surface area contributed by atoms with Crippen LogP contribution < -0.4 is 10.1 Å². The summed E-state index contributed by atoms with van der Waals surface area (Å²) in [5, 5.41) is 3.55. The van der Waals surface area contributed by atoms with Gasteiger partial charge in [-0.2, -0.15) is 0 Å². The molecular formula is C25H31N3O2. The average molecular weight is 406 g/mol. The van der Waals surface area contributed by atoms with Gasteiger partial charge in [0.1, 0.15) is 5.75 Å². The first-order chi connectivity index (χ1) is 14.4. The number of aryl methyl sites for hydroxylation is 1. The fourth-order valence-electron chi connectivity index (χ4n) is 3.57. The molecule has 0 saturated carbocycles. The largest absolute Gasteiger partial charge is 0.439 e. The van der Waals surface area contributed by atoms with Gasteiger partial charge < -0.3 is 15.0 Å². The topological polar surface area (TPSA) is 54.5 Å². The van der Waals surface area contributed by atoms with Crippen LogP contribution in [0.25, 0.3) is 0 Å². The number of rotatable bonds is 7. The van der Waals surface area contributed by atoms with Crippen LogP contribution in [-0.4, -0.2) is 28.9 Å². The lowest BCUT2D eigenvalue weighted by molar-refractivity contribution is -0.124. The zero-order chi connectivity index (χ0) is 21.7. The second kappa shape index (κ2) is 9.61. The molecule has 0 aliphatic carbocycles. The molecule has 5 nitrogen and oxygen atoms in total. The number of likely N-dealkylation sites (tertiary alicyclic amines) is 1. The predicted octanol–water partition coefficient (Wildman–Crippen LogP) is 5.31. The molecule has 0 radical (unpaired) electrons. The number of carbonyl (C=O) groups excluding carboxylic acids is 1. The van der Waals surface area contributed by atoms with Crippen LogP contribution in [0.2, 0.25) is 0 Å². The van der Waals surface area contributed by atoms with Crippen LogP contribution in [-0.2, 0) is 4.79 Å². The number of carbonyl (C=O) groups is 1. The van der Waals surface area contributed by atoms with Crippen LogP contribution in [0.3, 0.4) is 0 Å². The second-order valence-corrected chi connectivity index (χ2v) is 7.66. The maximum atomic E-state index is 12.6. The van der Waals surface area contributed by atoms with Crippen molar-refractivity contribution in [1.29, 1.82) is 0 Å². The van der Waals surface area contributed by atoms with Gasteiger partial charge >= 0.3 is 0 Å². The summed E-state index contributed by atoms with van der Waals surface area (Å²) in [6.45, 7) is 11.6. The van der Waals surface area contributed by atoms with Crippen molar-refractivity contribution in [2.24, 2.45) is 0 Å². The number of pyridine rings is 1. The third kappa shape index (κ3) is 4.90. The number of likely N-dealkylation sites (N-methyl/N-ethyl adjacent to an activating group) is 1. The standard InChI is InChI=1S/C25H31N3O2/c1-6-8-22-23(16-28(7-2)25(22)29)19(5)27-18(4)20-11-14-24(26-15-20)30-21-12-9-17(3)10-13-21/h8-15,18,27H,6-7,16H2,1-5H3/b22-8+,23-19+/t18-/m0/s1. The highest BCUT2D eigenvalue weighted by molar-refractivity contribution is 6.01. The molecule has 0 bridgehead atoms. The van der Waals surface area contributed by atoms with E-state index >= 15 is 0 Å². The van der Waals surface area contributed by atoms with Crippen molar-refractivity contribution in [2.75, 3.05) is 13.1 Å². The molecule has 1 N–H and O–H groups in total. The van der Waals surface area contributed by atoms with Gasteiger partial charge in [0.15, 0.2) is 0 Å². The molecule has 1 aromatic heterocycles. The van der Waals surface area contributed by atoms with Gasteiger partial charge in [0.25, 0.3) is 5.91 Å². The van der Waals surface area contributed by atoms with Crippen molar-refractivity contribution in [3.63, 3.8) is 0 Å². The lowest BCUT2D eigenvalue weighted by Gasteiger charge is -2.18. The number of hydrogen-bond donors (Lipinski definition) is 1. The number of nitrogens with one attached hydrogen (secondary N) is 1. The molecule has 3 rings (SSSR count). The van der Waals surface area contributed by atoms with Crippen molar-refractivity contribution in [3.8, 4) is 11.6 Å². The Kier molecular flexibility index (Phi) is 6.93. The van der Waals surface area contributed by atoms with Crippen molar-refractivity contribution in [1.82, 2.24) is 15.2 Å². The van der Waals surface area contributed by atoms with E-state index in [0.29, 0.717) is 12.4 Å². The van der Waals surface area contributed by atoms with Crippen LogP contribution in [0.4, 0.5) is 0 Å². The fraction of sp³-hybridized carbons (Fsp3) is 0.360. The maximum absolute atomic E-state index is 12.6. The Labute approximate surface area is 179 Å². The normalized spacial score (nSPS) is 18.0. The fourth-order valence-corrected chi connectivity index (χ4v) is 3.57. The van der Waals surface area contributed by atoms with Gasteiger partial charge in [-0.15, -0.1) is 0 Å². The Balaban J connectivity index is 1.71. The van der Waals surface area contributed by atoms with Crippen LogP contribution in [0.5, 0.6) is 11.6 Å². The molecule has 2 heterocycles. The summed E-state index contributed by atoms with van der Waals surface area (Å²) in [6, 6.07) is 11.9. The van der Waals surface area contributed by atoms with Gasteiger partial charge in [-0.1, -0.05) is 36.8 Å². The number of ether oxygens (including phenoxy) is 1. The minimum atomic E-state index is 0.0621. The predicted molar refractivity (Wildman–Crippen MR) is 120 cm³/mol. The minimum Gasteiger partial charge on any atom is -0.439 e. The van der Waals surface area contributed by atoms with Crippen LogP contribution >= 0.6 is 0 Å². The first-order valence-electron chi connectivity index (χ1n) is 10.6. The van der Waals surface area contributed by atoms with E-state index in [0.717, 1.165) is 41.1 Å². The summed E-state index contributed by atoms with van der Waals surface area (Å²) >= 11 is 0. The van der Waals surface area contributed by atoms with Gasteiger partial charge in [0.2, 0.25) is 5.88 Å². The highest BCUT2D eigenvalue weighted by atomic mass is 16.5. The van der Waals surface area contributed by atoms with Gasteiger partial charge in [-0.05, 0) is 51.8 Å². The van der Waals surface area contributed by atoms with Crippen LogP contribution in [0.1, 0.15) is 51.3 Å². The number of amides is 1. The van der Waals surface area contributed by atoms with E-state index in [-0.39, 0.29) is 11.9 Å². The van der Waals surface area contributed by atoms with Gasteiger partial charge in [-0.25, -0.2) is 4.98 Å². The summed E-state index contributed by atoms with van der Waals surface area (Å²) in [6.07, 6.45) is 4.71. The molecule has 5 heteroatoms. The number of nitrogens with zero attached hydrogens (tertiary/aromatic N) is 2. The molecule has 30 heavy (non-hydrogen) atoms. The monoisotopic (exact) mass is 405 g/mol. The zero-order valence-corrected chi connectivity index (χ0v) is 18.5. The van der Waals surface area contributed by atoms with E-state index in [4.69, 9.17) is 4.74 Å². The lowest BCUT2D eigenvalue weighted by atomic mass is 10.0. The molecule has 1 atom stereocenters. The number of aromatic nitrogens is 1. The molecular weight excluding hydrogens is 374 g/mol. The van der Waals surface area contributed by atoms with Crippen molar-refractivity contribution >= 4 is 5.91 Å². The molecule has 0 spiro atoms. The van der Waals surface area contributed by atoms with Crippen molar-refractivity contribution in [3.05, 3.63) is 76.6 Å². The molecule has 2 aromatic rings. The minimum absolute atomic E-state index is 0.0621. The summed E-state index contributed by atoms with van der Waals surface area (Å²) in [4.78, 5) is 18.9. The Morgan fingerprint density at radius 3 is 2.57 bits per heavy atom. The number of benzene rings is 1. The molecule has 158 valence electrons. The molecule has 1 aromatic carbocycles. The summed E-state index contributed by atoms with van der Waals surface area (Å²) in [5.74, 6) is 1.47. The van der Waals surface area contributed by atoms with E-state index in [1.807, 2.05) is 74.3 Å². The third-order valence-corrected chi connectivity index (χ3v) is 5.37. The highest BCUT2D eigenvalue weighted by Crippen LogP contribution is 2.27. The van der Waals surface area contributed by atoms with Crippen molar-refractivity contribution in [2.45, 2.75) is 47.1 Å². The first-order valence-corrected chi connectivity index (χ1v) is 10.6. The summed E-state index contributed by atoms with van der Waals surface area (Å²) < 4.78 is 5.82. The quantitative estimate of drug-likeness (QED) is 0.635. The smallest absolute Gasteiger partial charge is 0.254 e. The first kappa shape index (κ1) is 21.6. The van der Waals surface area contributed by atoms with Crippen molar-refractivity contribution < 1.29 is 9.53 Å². The Morgan fingerprint density at radius 1 is 1.23 bits per heavy atom. The molecule has 1 aliphatic rings. The van der Waals surface area contributed by atoms with E-state index in [1.165, 1.54) is 5.56 Å². The SMILES string of the molecule is CC/C=C1/C(=O)N(CC)C/C1=C(/C)N[C@@H](C)c1ccc(Oc2ccc(C)cc2)nc1. The molecule has 1 fully saturated rings. The van der Waals surface area contributed by atoms with E-state index in [2.05, 4.69) is 24.1 Å². The highest BCUT2D eigenvalue weighted by Gasteiger charge is 2.30. The molecule has 1 amide bonds. The molecule has 1 aliphatic heterocycles. The van der Waals surface area contributed by atoms with Crippen LogP contribution in [0.15, 0.2) is 65.5 Å². The van der Waals surface area contributed by atoms with Crippen LogP contribution in [0, 0.1) is 6.92 Å². The lowest BCUT2D eigenvalue weighted by Crippen LogP contribution is -2.24. The maximum Gasteiger partial charge on any atom is 0.254 e. The summed E-state index contributed by atoms with van der Waals surface area (Å²) in [5.41, 5.74) is 5.20. The van der Waals surface area contributed by atoms with E-state index < -0.39 is 0 Å². The van der Waals surface area contributed by atoms with Gasteiger partial charge in [0, 0.05) is 48.2 Å².